The van der Waals surface area contributed by atoms with Gasteiger partial charge in [0.15, 0.2) is 0 Å². The van der Waals surface area contributed by atoms with E-state index < -0.39 is 0 Å². The van der Waals surface area contributed by atoms with E-state index in [2.05, 4.69) is 34.7 Å². The zero-order valence-electron chi connectivity index (χ0n) is 13.0. The molecule has 116 valence electrons. The Hall–Kier alpha value is -1.65. The quantitative estimate of drug-likeness (QED) is 0.650. The van der Waals surface area contributed by atoms with E-state index in [1.165, 1.54) is 41.1 Å². The lowest BCUT2D eigenvalue weighted by Crippen LogP contribution is -2.29. The van der Waals surface area contributed by atoms with E-state index in [0.717, 1.165) is 18.8 Å². The van der Waals surface area contributed by atoms with Crippen LogP contribution in [0.5, 0.6) is 0 Å². The van der Waals surface area contributed by atoms with Gasteiger partial charge >= 0.3 is 0 Å². The third kappa shape index (κ3) is 3.57. The number of nitrogens with one attached hydrogen (secondary N) is 1. The maximum absolute atomic E-state index is 5.70. The predicted octanol–water partition coefficient (Wildman–Crippen LogP) is 3.84. The fourth-order valence-electron chi connectivity index (χ4n) is 2.91. The fourth-order valence-corrected chi connectivity index (χ4v) is 3.58. The number of aryl methyl sites for hydroxylation is 1. The number of fused-ring (bicyclic) bond motifs is 1. The minimum atomic E-state index is 0.805. The highest BCUT2D eigenvalue weighted by atomic mass is 32.2. The van der Waals surface area contributed by atoms with Crippen molar-refractivity contribution in [2.75, 3.05) is 23.7 Å². The summed E-state index contributed by atoms with van der Waals surface area (Å²) in [7, 11) is 0. The third-order valence-electron chi connectivity index (χ3n) is 4.09. The van der Waals surface area contributed by atoms with Crippen molar-refractivity contribution in [3.63, 3.8) is 0 Å². The van der Waals surface area contributed by atoms with Crippen LogP contribution in [0.15, 0.2) is 47.4 Å². The van der Waals surface area contributed by atoms with Crippen molar-refractivity contribution in [1.29, 1.82) is 0 Å². The van der Waals surface area contributed by atoms with E-state index in [4.69, 9.17) is 5.73 Å². The van der Waals surface area contributed by atoms with Gasteiger partial charge < -0.3 is 10.6 Å². The van der Waals surface area contributed by atoms with Crippen molar-refractivity contribution >= 4 is 23.3 Å². The number of nitrogen functional groups attached to an aromatic ring is 1. The Labute approximate surface area is 137 Å². The molecule has 0 atom stereocenters. The lowest BCUT2D eigenvalue weighted by atomic mass is 9.99. The van der Waals surface area contributed by atoms with Crippen LogP contribution < -0.4 is 15.4 Å². The summed E-state index contributed by atoms with van der Waals surface area (Å²) < 4.78 is 3.43. The van der Waals surface area contributed by atoms with E-state index in [0.29, 0.717) is 0 Å². The molecule has 1 heterocycles. The van der Waals surface area contributed by atoms with Crippen LogP contribution >= 0.6 is 11.9 Å². The molecule has 1 aliphatic rings. The number of nitrogens with two attached hydrogens (primary N) is 1. The molecule has 3 N–H and O–H groups in total. The summed E-state index contributed by atoms with van der Waals surface area (Å²) >= 11 is 1.65. The van der Waals surface area contributed by atoms with Crippen LogP contribution in [0, 0.1) is 0 Å². The van der Waals surface area contributed by atoms with E-state index in [1.807, 2.05) is 24.3 Å². The SMILES string of the molecule is CCN1CCCc2cc(CNSc3ccc(N)cc3)ccc21. The number of nitrogens with zero attached hydrogens (tertiary/aromatic N) is 1. The molecule has 0 fully saturated rings. The van der Waals surface area contributed by atoms with Crippen molar-refractivity contribution in [1.82, 2.24) is 4.72 Å². The van der Waals surface area contributed by atoms with Crippen molar-refractivity contribution in [3.05, 3.63) is 53.6 Å². The highest BCUT2D eigenvalue weighted by Crippen LogP contribution is 2.28. The number of anilines is 2. The molecule has 0 radical (unpaired) electrons. The van der Waals surface area contributed by atoms with Gasteiger partial charge in [-0.3, -0.25) is 4.72 Å². The minimum Gasteiger partial charge on any atom is -0.399 e. The zero-order valence-corrected chi connectivity index (χ0v) is 13.8. The molecule has 1 aliphatic heterocycles. The van der Waals surface area contributed by atoms with Gasteiger partial charge in [-0.2, -0.15) is 0 Å². The van der Waals surface area contributed by atoms with E-state index in [1.54, 1.807) is 11.9 Å². The van der Waals surface area contributed by atoms with Crippen molar-refractivity contribution in [2.45, 2.75) is 31.2 Å². The summed E-state index contributed by atoms with van der Waals surface area (Å²) in [5.74, 6) is 0. The standard InChI is InChI=1S/C18H23N3S/c1-2-21-11-3-4-15-12-14(5-10-18(15)21)13-20-22-17-8-6-16(19)7-9-17/h5-10,12,20H,2-4,11,13,19H2,1H3. The molecular weight excluding hydrogens is 290 g/mol. The normalized spacial score (nSPS) is 14.0. The number of benzene rings is 2. The second-order valence-electron chi connectivity index (χ2n) is 5.64. The molecule has 2 aromatic carbocycles. The first-order valence-corrected chi connectivity index (χ1v) is 8.70. The number of rotatable bonds is 5. The Balaban J connectivity index is 1.60. The maximum Gasteiger partial charge on any atom is 0.0398 e. The molecule has 3 nitrogen and oxygen atoms in total. The Kier molecular flexibility index (Phi) is 4.90. The molecule has 0 saturated carbocycles. The molecule has 0 unspecified atom stereocenters. The number of hydrogen-bond donors (Lipinski definition) is 2. The topological polar surface area (TPSA) is 41.3 Å². The van der Waals surface area contributed by atoms with Crippen molar-refractivity contribution < 1.29 is 0 Å². The summed E-state index contributed by atoms with van der Waals surface area (Å²) in [6, 6.07) is 14.8. The average molecular weight is 313 g/mol. The van der Waals surface area contributed by atoms with Gasteiger partial charge in [-0.25, -0.2) is 0 Å². The van der Waals surface area contributed by atoms with Crippen LogP contribution in [0.4, 0.5) is 11.4 Å². The van der Waals surface area contributed by atoms with Gasteiger partial charge in [0, 0.05) is 35.9 Å². The molecular formula is C18H23N3S. The second-order valence-corrected chi connectivity index (χ2v) is 6.60. The van der Waals surface area contributed by atoms with Crippen molar-refractivity contribution in [2.24, 2.45) is 0 Å². The van der Waals surface area contributed by atoms with Gasteiger partial charge in [-0.1, -0.05) is 12.1 Å². The molecule has 0 saturated heterocycles. The van der Waals surface area contributed by atoms with Crippen LogP contribution in [0.2, 0.25) is 0 Å². The van der Waals surface area contributed by atoms with E-state index >= 15 is 0 Å². The molecule has 0 spiro atoms. The smallest absolute Gasteiger partial charge is 0.0398 e. The molecule has 3 rings (SSSR count). The largest absolute Gasteiger partial charge is 0.399 e. The Morgan fingerprint density at radius 1 is 1.18 bits per heavy atom. The van der Waals surface area contributed by atoms with Crippen molar-refractivity contribution in [3.8, 4) is 0 Å². The summed E-state index contributed by atoms with van der Waals surface area (Å²) in [6.07, 6.45) is 2.46. The molecule has 0 aliphatic carbocycles. The lowest BCUT2D eigenvalue weighted by molar-refractivity contribution is 0.706. The number of hydrogen-bond acceptors (Lipinski definition) is 4. The minimum absolute atomic E-state index is 0.805. The van der Waals surface area contributed by atoms with Crippen LogP contribution in [0.1, 0.15) is 24.5 Å². The van der Waals surface area contributed by atoms with Crippen LogP contribution in [-0.4, -0.2) is 13.1 Å². The second kappa shape index (κ2) is 7.07. The zero-order chi connectivity index (χ0) is 15.4. The summed E-state index contributed by atoms with van der Waals surface area (Å²) in [5, 5.41) is 0. The van der Waals surface area contributed by atoms with Crippen LogP contribution in [-0.2, 0) is 13.0 Å². The van der Waals surface area contributed by atoms with Crippen LogP contribution in [0.3, 0.4) is 0 Å². The van der Waals surface area contributed by atoms with Gasteiger partial charge in [-0.15, -0.1) is 0 Å². The Morgan fingerprint density at radius 3 is 2.77 bits per heavy atom. The summed E-state index contributed by atoms with van der Waals surface area (Å²) in [4.78, 5) is 3.66. The Bertz CT molecular complexity index is 625. The van der Waals surface area contributed by atoms with E-state index in [9.17, 15) is 0 Å². The van der Waals surface area contributed by atoms with E-state index in [-0.39, 0.29) is 0 Å². The molecule has 4 heteroatoms. The van der Waals surface area contributed by atoms with Gasteiger partial charge in [0.25, 0.3) is 0 Å². The monoisotopic (exact) mass is 313 g/mol. The van der Waals surface area contributed by atoms with Gasteiger partial charge in [0.2, 0.25) is 0 Å². The first-order chi connectivity index (χ1) is 10.8. The van der Waals surface area contributed by atoms with Gasteiger partial charge in [0.1, 0.15) is 0 Å². The van der Waals surface area contributed by atoms with Gasteiger partial charge in [0.05, 0.1) is 0 Å². The Morgan fingerprint density at radius 2 is 2.00 bits per heavy atom. The molecule has 22 heavy (non-hydrogen) atoms. The average Bonchev–Trinajstić information content (AvgIpc) is 2.56. The molecule has 0 aromatic heterocycles. The molecule has 0 amide bonds. The summed E-state index contributed by atoms with van der Waals surface area (Å²) in [5.41, 5.74) is 10.8. The predicted molar refractivity (Wildman–Crippen MR) is 96.2 cm³/mol. The molecule has 0 bridgehead atoms. The first-order valence-electron chi connectivity index (χ1n) is 7.88. The van der Waals surface area contributed by atoms with Gasteiger partial charge in [-0.05, 0) is 73.2 Å². The first kappa shape index (κ1) is 15.3. The third-order valence-corrected chi connectivity index (χ3v) is 4.88. The molecule has 2 aromatic rings. The lowest BCUT2D eigenvalue weighted by Gasteiger charge is -2.30. The fraction of sp³-hybridized carbons (Fsp3) is 0.333. The summed E-state index contributed by atoms with van der Waals surface area (Å²) in [6.45, 7) is 5.38. The highest BCUT2D eigenvalue weighted by Gasteiger charge is 2.15. The highest BCUT2D eigenvalue weighted by molar-refractivity contribution is 7.97. The van der Waals surface area contributed by atoms with Crippen LogP contribution in [0.25, 0.3) is 0 Å². The maximum atomic E-state index is 5.70.